The first-order chi connectivity index (χ1) is 7.70. The van der Waals surface area contributed by atoms with Crippen LogP contribution < -0.4 is 0 Å². The Morgan fingerprint density at radius 3 is 2.81 bits per heavy atom. The van der Waals surface area contributed by atoms with Crippen LogP contribution in [0.4, 0.5) is 0 Å². The maximum absolute atomic E-state index is 8.83. The van der Waals surface area contributed by atoms with Crippen molar-refractivity contribution in [1.82, 2.24) is 14.8 Å². The van der Waals surface area contributed by atoms with Crippen LogP contribution in [0.2, 0.25) is 0 Å². The van der Waals surface area contributed by atoms with E-state index in [1.165, 1.54) is 11.8 Å². The standard InChI is InChI=1S/C11H10N4S/c1-8-5-10(4-3-9(8)6-12)16-11-14-13-7-15(11)2/h3-5,7H,1-2H3. The summed E-state index contributed by atoms with van der Waals surface area (Å²) >= 11 is 1.53. The Bertz CT molecular complexity index is 553. The van der Waals surface area contributed by atoms with Gasteiger partial charge in [-0.1, -0.05) is 0 Å². The van der Waals surface area contributed by atoms with E-state index in [4.69, 9.17) is 5.26 Å². The number of rotatable bonds is 2. The van der Waals surface area contributed by atoms with Crippen molar-refractivity contribution >= 4 is 11.8 Å². The summed E-state index contributed by atoms with van der Waals surface area (Å²) < 4.78 is 1.86. The predicted octanol–water partition coefficient (Wildman–Crippen LogP) is 2.15. The molecule has 0 unspecified atom stereocenters. The Kier molecular flexibility index (Phi) is 2.93. The fourth-order valence-corrected chi connectivity index (χ4v) is 2.16. The lowest BCUT2D eigenvalue weighted by Crippen LogP contribution is -1.89. The van der Waals surface area contributed by atoms with Crippen LogP contribution in [0, 0.1) is 18.3 Å². The Balaban J connectivity index is 2.27. The van der Waals surface area contributed by atoms with Crippen molar-refractivity contribution in [1.29, 1.82) is 5.26 Å². The summed E-state index contributed by atoms with van der Waals surface area (Å²) in [6.45, 7) is 1.93. The number of nitrogens with zero attached hydrogens (tertiary/aromatic N) is 4. The number of hydrogen-bond acceptors (Lipinski definition) is 4. The molecule has 16 heavy (non-hydrogen) atoms. The van der Waals surface area contributed by atoms with Crippen molar-refractivity contribution in [2.45, 2.75) is 17.0 Å². The van der Waals surface area contributed by atoms with Gasteiger partial charge in [0.2, 0.25) is 0 Å². The third kappa shape index (κ3) is 2.07. The van der Waals surface area contributed by atoms with Gasteiger partial charge in [-0.05, 0) is 42.4 Å². The molecule has 0 aliphatic rings. The van der Waals surface area contributed by atoms with E-state index in [1.807, 2.05) is 36.7 Å². The van der Waals surface area contributed by atoms with Gasteiger partial charge in [0.05, 0.1) is 11.6 Å². The first-order valence-corrected chi connectivity index (χ1v) is 5.55. The van der Waals surface area contributed by atoms with Gasteiger partial charge in [-0.25, -0.2) is 0 Å². The lowest BCUT2D eigenvalue weighted by Gasteiger charge is -2.02. The fourth-order valence-electron chi connectivity index (χ4n) is 1.30. The van der Waals surface area contributed by atoms with Gasteiger partial charge in [-0.15, -0.1) is 10.2 Å². The van der Waals surface area contributed by atoms with Crippen molar-refractivity contribution in [3.05, 3.63) is 35.7 Å². The van der Waals surface area contributed by atoms with Crippen molar-refractivity contribution in [3.63, 3.8) is 0 Å². The van der Waals surface area contributed by atoms with Gasteiger partial charge in [0.25, 0.3) is 0 Å². The third-order valence-electron chi connectivity index (χ3n) is 2.20. The zero-order valence-corrected chi connectivity index (χ0v) is 9.82. The first kappa shape index (κ1) is 10.7. The molecule has 1 heterocycles. The van der Waals surface area contributed by atoms with Gasteiger partial charge in [0.15, 0.2) is 5.16 Å². The molecule has 0 aliphatic carbocycles. The number of nitriles is 1. The van der Waals surface area contributed by atoms with Crippen molar-refractivity contribution in [2.24, 2.45) is 7.05 Å². The zero-order valence-electron chi connectivity index (χ0n) is 9.01. The van der Waals surface area contributed by atoms with Crippen molar-refractivity contribution in [2.75, 3.05) is 0 Å². The number of benzene rings is 1. The highest BCUT2D eigenvalue weighted by Crippen LogP contribution is 2.26. The number of aryl methyl sites for hydroxylation is 2. The molecular weight excluding hydrogens is 220 g/mol. The molecule has 0 spiro atoms. The average molecular weight is 230 g/mol. The van der Waals surface area contributed by atoms with Gasteiger partial charge in [0.1, 0.15) is 6.33 Å². The van der Waals surface area contributed by atoms with E-state index in [0.717, 1.165) is 15.6 Å². The van der Waals surface area contributed by atoms with Crippen LogP contribution in [0.1, 0.15) is 11.1 Å². The Labute approximate surface area is 97.9 Å². The normalized spacial score (nSPS) is 10.1. The summed E-state index contributed by atoms with van der Waals surface area (Å²) in [6, 6.07) is 7.88. The Morgan fingerprint density at radius 2 is 2.25 bits per heavy atom. The quantitative estimate of drug-likeness (QED) is 0.793. The molecule has 1 aromatic heterocycles. The van der Waals surface area contributed by atoms with Crippen LogP contribution in [-0.4, -0.2) is 14.8 Å². The minimum atomic E-state index is 0.710. The first-order valence-electron chi connectivity index (χ1n) is 4.73. The summed E-state index contributed by atoms with van der Waals surface area (Å²) in [5.41, 5.74) is 1.69. The second-order valence-electron chi connectivity index (χ2n) is 3.42. The third-order valence-corrected chi connectivity index (χ3v) is 3.24. The topological polar surface area (TPSA) is 54.5 Å². The van der Waals surface area contributed by atoms with Crippen molar-refractivity contribution in [3.8, 4) is 6.07 Å². The summed E-state index contributed by atoms with van der Waals surface area (Å²) in [7, 11) is 1.90. The lowest BCUT2D eigenvalue weighted by molar-refractivity contribution is 0.788. The molecule has 0 saturated carbocycles. The molecule has 0 aliphatic heterocycles. The van der Waals surface area contributed by atoms with E-state index >= 15 is 0 Å². The van der Waals surface area contributed by atoms with Crippen LogP contribution >= 0.6 is 11.8 Å². The van der Waals surface area contributed by atoms with Crippen LogP contribution in [-0.2, 0) is 7.05 Å². The van der Waals surface area contributed by atoms with Crippen molar-refractivity contribution < 1.29 is 0 Å². The lowest BCUT2D eigenvalue weighted by atomic mass is 10.1. The molecule has 0 saturated heterocycles. The average Bonchev–Trinajstić information content (AvgIpc) is 2.65. The Hall–Kier alpha value is -1.80. The molecule has 2 rings (SSSR count). The van der Waals surface area contributed by atoms with E-state index < -0.39 is 0 Å². The van der Waals surface area contributed by atoms with Gasteiger partial charge in [-0.2, -0.15) is 5.26 Å². The van der Waals surface area contributed by atoms with E-state index in [2.05, 4.69) is 16.3 Å². The summed E-state index contributed by atoms with van der Waals surface area (Å²) in [5.74, 6) is 0. The molecule has 0 bridgehead atoms. The molecule has 0 radical (unpaired) electrons. The van der Waals surface area contributed by atoms with E-state index in [1.54, 1.807) is 6.33 Å². The molecule has 0 atom stereocenters. The number of hydrogen-bond donors (Lipinski definition) is 0. The van der Waals surface area contributed by atoms with Crippen LogP contribution in [0.15, 0.2) is 34.6 Å². The van der Waals surface area contributed by atoms with Gasteiger partial charge < -0.3 is 4.57 Å². The molecule has 80 valence electrons. The molecule has 0 amide bonds. The molecule has 2 aromatic rings. The fraction of sp³-hybridized carbons (Fsp3) is 0.182. The molecular formula is C11H10N4S. The minimum Gasteiger partial charge on any atom is -0.311 e. The van der Waals surface area contributed by atoms with E-state index in [9.17, 15) is 0 Å². The van der Waals surface area contributed by atoms with Crippen LogP contribution in [0.5, 0.6) is 0 Å². The molecule has 0 N–H and O–H groups in total. The van der Waals surface area contributed by atoms with E-state index in [0.29, 0.717) is 5.56 Å². The molecule has 4 nitrogen and oxygen atoms in total. The second kappa shape index (κ2) is 4.37. The Morgan fingerprint density at radius 1 is 1.44 bits per heavy atom. The maximum Gasteiger partial charge on any atom is 0.195 e. The summed E-state index contributed by atoms with van der Waals surface area (Å²) in [4.78, 5) is 1.06. The summed E-state index contributed by atoms with van der Waals surface area (Å²) in [6.07, 6.45) is 1.67. The number of aromatic nitrogens is 3. The summed E-state index contributed by atoms with van der Waals surface area (Å²) in [5, 5.41) is 17.5. The zero-order chi connectivity index (χ0) is 11.5. The van der Waals surface area contributed by atoms with Gasteiger partial charge >= 0.3 is 0 Å². The SMILES string of the molecule is Cc1cc(Sc2nncn2C)ccc1C#N. The second-order valence-corrected chi connectivity index (χ2v) is 4.46. The highest BCUT2D eigenvalue weighted by atomic mass is 32.2. The monoisotopic (exact) mass is 230 g/mol. The van der Waals surface area contributed by atoms with Crippen LogP contribution in [0.3, 0.4) is 0 Å². The molecule has 5 heteroatoms. The highest BCUT2D eigenvalue weighted by Gasteiger charge is 2.05. The highest BCUT2D eigenvalue weighted by molar-refractivity contribution is 7.99. The maximum atomic E-state index is 8.83. The smallest absolute Gasteiger partial charge is 0.195 e. The minimum absolute atomic E-state index is 0.710. The van der Waals surface area contributed by atoms with Gasteiger partial charge in [0, 0.05) is 11.9 Å². The predicted molar refractivity (Wildman–Crippen MR) is 61.0 cm³/mol. The van der Waals surface area contributed by atoms with Gasteiger partial charge in [-0.3, -0.25) is 0 Å². The van der Waals surface area contributed by atoms with Crippen LogP contribution in [0.25, 0.3) is 0 Å². The molecule has 0 fully saturated rings. The largest absolute Gasteiger partial charge is 0.311 e. The van der Waals surface area contributed by atoms with E-state index in [-0.39, 0.29) is 0 Å². The molecule has 1 aromatic carbocycles.